The summed E-state index contributed by atoms with van der Waals surface area (Å²) >= 11 is 1.36. The highest BCUT2D eigenvalue weighted by atomic mass is 32.1. The van der Waals surface area contributed by atoms with Gasteiger partial charge in [-0.1, -0.05) is 26.8 Å². The van der Waals surface area contributed by atoms with Gasteiger partial charge in [0.05, 0.1) is 12.7 Å². The summed E-state index contributed by atoms with van der Waals surface area (Å²) < 4.78 is 5.15. The number of nitrogens with zero attached hydrogens (tertiary/aromatic N) is 2. The predicted octanol–water partition coefficient (Wildman–Crippen LogP) is 5.42. The van der Waals surface area contributed by atoms with E-state index >= 15 is 0 Å². The topological polar surface area (TPSA) is 113 Å². The number of aromatic nitrogens is 1. The molecule has 3 aromatic rings. The van der Waals surface area contributed by atoms with Crippen molar-refractivity contribution in [3.05, 3.63) is 58.6 Å². The highest BCUT2D eigenvalue weighted by molar-refractivity contribution is 7.16. The number of anilines is 2. The Bertz CT molecular complexity index is 1410. The Hall–Kier alpha value is -3.92. The van der Waals surface area contributed by atoms with E-state index in [4.69, 9.17) is 4.74 Å². The van der Waals surface area contributed by atoms with Crippen molar-refractivity contribution in [2.45, 2.75) is 52.5 Å². The minimum absolute atomic E-state index is 0.206. The fourth-order valence-corrected chi connectivity index (χ4v) is 5.45. The van der Waals surface area contributed by atoms with Gasteiger partial charge >= 0.3 is 6.03 Å². The molecule has 10 heteroatoms. The molecule has 1 fully saturated rings. The van der Waals surface area contributed by atoms with Gasteiger partial charge in [0.1, 0.15) is 10.5 Å². The summed E-state index contributed by atoms with van der Waals surface area (Å²) in [5, 5.41) is 9.04. The van der Waals surface area contributed by atoms with Crippen molar-refractivity contribution < 1.29 is 19.1 Å². The summed E-state index contributed by atoms with van der Waals surface area (Å²) in [4.78, 5) is 46.2. The Morgan fingerprint density at radius 2 is 1.87 bits per heavy atom. The number of pyridine rings is 1. The number of nitrogens with one attached hydrogen (secondary N) is 3. The van der Waals surface area contributed by atoms with Crippen LogP contribution in [-0.2, 0) is 10.2 Å². The molecule has 0 radical (unpaired) electrons. The third kappa shape index (κ3) is 5.90. The van der Waals surface area contributed by atoms with E-state index in [1.54, 1.807) is 38.1 Å². The van der Waals surface area contributed by atoms with Gasteiger partial charge in [0.25, 0.3) is 5.91 Å². The molecule has 0 unspecified atom stereocenters. The lowest BCUT2D eigenvalue weighted by atomic mass is 9.93. The van der Waals surface area contributed by atoms with Gasteiger partial charge in [-0.3, -0.25) is 14.9 Å². The summed E-state index contributed by atoms with van der Waals surface area (Å²) in [6.45, 7) is 12.4. The van der Waals surface area contributed by atoms with E-state index < -0.39 is 11.6 Å². The molecule has 1 saturated heterocycles. The zero-order valence-corrected chi connectivity index (χ0v) is 24.2. The maximum atomic E-state index is 13.7. The number of piperazine rings is 1. The Labute approximate surface area is 233 Å². The van der Waals surface area contributed by atoms with Gasteiger partial charge in [0.2, 0.25) is 11.8 Å². The average molecular weight is 550 g/mol. The van der Waals surface area contributed by atoms with E-state index in [0.717, 1.165) is 21.6 Å². The minimum atomic E-state index is -1.01. The van der Waals surface area contributed by atoms with E-state index in [9.17, 15) is 14.4 Å². The second-order valence-corrected chi connectivity index (χ2v) is 12.1. The molecule has 1 aromatic carbocycles. The predicted molar refractivity (Wildman–Crippen MR) is 155 cm³/mol. The lowest BCUT2D eigenvalue weighted by Gasteiger charge is -2.41. The molecule has 2 aromatic heterocycles. The van der Waals surface area contributed by atoms with Gasteiger partial charge in [-0.2, -0.15) is 0 Å². The van der Waals surface area contributed by atoms with Crippen LogP contribution in [0, 0.1) is 6.92 Å². The summed E-state index contributed by atoms with van der Waals surface area (Å²) in [6, 6.07) is 10.7. The van der Waals surface area contributed by atoms with Crippen LogP contribution in [0.4, 0.5) is 15.5 Å². The number of carbonyl (C=O) groups is 3. The molecule has 4 amide bonds. The third-order valence-electron chi connectivity index (χ3n) is 6.78. The molecule has 0 atom stereocenters. The largest absolute Gasteiger partial charge is 0.481 e. The van der Waals surface area contributed by atoms with Crippen molar-refractivity contribution in [1.82, 2.24) is 15.2 Å². The number of carbonyl (C=O) groups excluding carboxylic acids is 3. The number of amides is 4. The lowest BCUT2D eigenvalue weighted by Crippen LogP contribution is -2.63. The highest BCUT2D eigenvalue weighted by Gasteiger charge is 2.42. The molecule has 1 aliphatic rings. The molecule has 9 nitrogen and oxygen atoms in total. The number of methoxy groups -OCH3 is 1. The molecule has 1 aliphatic heterocycles. The first-order chi connectivity index (χ1) is 18.3. The van der Waals surface area contributed by atoms with E-state index in [1.165, 1.54) is 11.3 Å². The molecular formula is C29H35N5O4S. The molecule has 3 heterocycles. The first-order valence-corrected chi connectivity index (χ1v) is 13.6. The highest BCUT2D eigenvalue weighted by Crippen LogP contribution is 2.38. The van der Waals surface area contributed by atoms with Gasteiger partial charge in [-0.25, -0.2) is 9.78 Å². The number of urea groups is 1. The maximum Gasteiger partial charge on any atom is 0.324 e. The van der Waals surface area contributed by atoms with Crippen LogP contribution in [0.25, 0.3) is 11.1 Å². The minimum Gasteiger partial charge on any atom is -0.481 e. The summed E-state index contributed by atoms with van der Waals surface area (Å²) in [5.41, 5.74) is 2.58. The SMILES string of the molecule is COc1ccc(-c2cc(NC(=O)Nc3sc(C(C)(C)C)cc3C(=O)N3CCNC(=O)C3(C)C)ccc2C)cn1. The lowest BCUT2D eigenvalue weighted by molar-refractivity contribution is -0.133. The van der Waals surface area contributed by atoms with Crippen LogP contribution in [0.3, 0.4) is 0 Å². The van der Waals surface area contributed by atoms with Crippen LogP contribution in [-0.4, -0.2) is 53.5 Å². The van der Waals surface area contributed by atoms with Gasteiger partial charge < -0.3 is 20.3 Å². The fraction of sp³-hybridized carbons (Fsp3) is 0.379. The van der Waals surface area contributed by atoms with E-state index in [2.05, 4.69) is 41.7 Å². The molecule has 0 bridgehead atoms. The fourth-order valence-electron chi connectivity index (χ4n) is 4.35. The Morgan fingerprint density at radius 1 is 1.13 bits per heavy atom. The van der Waals surface area contributed by atoms with E-state index in [0.29, 0.717) is 35.2 Å². The smallest absolute Gasteiger partial charge is 0.324 e. The van der Waals surface area contributed by atoms with Crippen molar-refractivity contribution in [1.29, 1.82) is 0 Å². The molecule has 0 spiro atoms. The Kier molecular flexibility index (Phi) is 7.70. The third-order valence-corrected chi connectivity index (χ3v) is 8.25. The first-order valence-electron chi connectivity index (χ1n) is 12.7. The van der Waals surface area contributed by atoms with Crippen LogP contribution in [0.2, 0.25) is 0 Å². The number of hydrogen-bond donors (Lipinski definition) is 3. The Balaban J connectivity index is 1.59. The number of hydrogen-bond acceptors (Lipinski definition) is 6. The van der Waals surface area contributed by atoms with Gasteiger partial charge in [-0.05, 0) is 61.6 Å². The second-order valence-electron chi connectivity index (χ2n) is 11.1. The van der Waals surface area contributed by atoms with Crippen LogP contribution in [0.5, 0.6) is 5.88 Å². The molecule has 206 valence electrons. The van der Waals surface area contributed by atoms with Crippen molar-refractivity contribution in [3.63, 3.8) is 0 Å². The van der Waals surface area contributed by atoms with Gasteiger partial charge in [0, 0.05) is 41.5 Å². The molecule has 4 rings (SSSR count). The number of aryl methyl sites for hydroxylation is 1. The number of benzene rings is 1. The van der Waals surface area contributed by atoms with Crippen molar-refractivity contribution >= 4 is 39.9 Å². The monoisotopic (exact) mass is 549 g/mol. The molecule has 39 heavy (non-hydrogen) atoms. The number of ether oxygens (including phenoxy) is 1. The second kappa shape index (κ2) is 10.7. The molecule has 0 aliphatic carbocycles. The average Bonchev–Trinajstić information content (AvgIpc) is 3.31. The van der Waals surface area contributed by atoms with Crippen LogP contribution < -0.4 is 20.7 Å². The Morgan fingerprint density at radius 3 is 2.51 bits per heavy atom. The number of thiophene rings is 1. The summed E-state index contributed by atoms with van der Waals surface area (Å²) in [5.74, 6) is 0.0268. The molecular weight excluding hydrogens is 514 g/mol. The molecule has 0 saturated carbocycles. The maximum absolute atomic E-state index is 13.7. The summed E-state index contributed by atoms with van der Waals surface area (Å²) in [6.07, 6.45) is 1.73. The zero-order chi connectivity index (χ0) is 28.5. The van der Waals surface area contributed by atoms with Crippen LogP contribution >= 0.6 is 11.3 Å². The van der Waals surface area contributed by atoms with Crippen molar-refractivity contribution in [2.24, 2.45) is 0 Å². The normalized spacial score (nSPS) is 14.9. The van der Waals surface area contributed by atoms with Gasteiger partial charge in [0.15, 0.2) is 0 Å². The first kappa shape index (κ1) is 28.1. The quantitative estimate of drug-likeness (QED) is 0.393. The van der Waals surface area contributed by atoms with Crippen molar-refractivity contribution in [2.75, 3.05) is 30.8 Å². The molecule has 3 N–H and O–H groups in total. The van der Waals surface area contributed by atoms with Gasteiger partial charge in [-0.15, -0.1) is 11.3 Å². The number of rotatable bonds is 5. The zero-order valence-electron chi connectivity index (χ0n) is 23.4. The summed E-state index contributed by atoms with van der Waals surface area (Å²) in [7, 11) is 1.57. The van der Waals surface area contributed by atoms with E-state index in [-0.39, 0.29) is 17.2 Å². The van der Waals surface area contributed by atoms with Crippen LogP contribution in [0.15, 0.2) is 42.6 Å². The standard InChI is InChI=1S/C29H35N5O4S/c1-17-8-10-19(14-20(17)18-9-11-23(38-7)31-16-18)32-27(37)33-24-21(15-22(39-24)28(2,3)4)25(35)34-13-12-30-26(36)29(34,5)6/h8-11,14-16H,12-13H2,1-7H3,(H,30,36)(H2,32,33,37). The van der Waals surface area contributed by atoms with E-state index in [1.807, 2.05) is 37.3 Å². The van der Waals surface area contributed by atoms with Crippen molar-refractivity contribution in [3.8, 4) is 17.0 Å². The van der Waals surface area contributed by atoms with Crippen LogP contribution in [0.1, 0.15) is 55.4 Å².